The van der Waals surface area contributed by atoms with Crippen LogP contribution in [0.2, 0.25) is 0 Å². The third-order valence-electron chi connectivity index (χ3n) is 5.42. The number of halogens is 1. The Labute approximate surface area is 206 Å². The summed E-state index contributed by atoms with van der Waals surface area (Å²) in [7, 11) is -3.71. The number of para-hydroxylation sites is 1. The number of nitrogens with one attached hydrogen (secondary N) is 1. The Morgan fingerprint density at radius 2 is 1.67 bits per heavy atom. The van der Waals surface area contributed by atoms with Gasteiger partial charge < -0.3 is 5.32 Å². The fourth-order valence-electron chi connectivity index (χ4n) is 3.71. The van der Waals surface area contributed by atoms with Gasteiger partial charge in [-0.05, 0) is 85.8 Å². The van der Waals surface area contributed by atoms with Crippen LogP contribution in [0, 0.1) is 13.8 Å². The van der Waals surface area contributed by atoms with Gasteiger partial charge in [0.05, 0.1) is 15.5 Å². The molecular weight excluding hydrogens is 520 g/mol. The van der Waals surface area contributed by atoms with E-state index in [9.17, 15) is 13.2 Å². The van der Waals surface area contributed by atoms with Crippen LogP contribution in [0.3, 0.4) is 0 Å². The molecule has 4 rings (SSSR count). The lowest BCUT2D eigenvalue weighted by Gasteiger charge is -2.23. The predicted octanol–water partition coefficient (Wildman–Crippen LogP) is 6.75. The molecule has 0 aliphatic heterocycles. The molecule has 0 spiro atoms. The minimum Gasteiger partial charge on any atom is -0.321 e. The van der Waals surface area contributed by atoms with Crippen molar-refractivity contribution < 1.29 is 13.2 Å². The molecule has 3 aromatic carbocycles. The first kappa shape index (κ1) is 23.5. The number of thiophene rings is 1. The zero-order valence-corrected chi connectivity index (χ0v) is 21.6. The summed E-state index contributed by atoms with van der Waals surface area (Å²) in [4.78, 5) is 13.7. The second-order valence-electron chi connectivity index (χ2n) is 7.68. The summed E-state index contributed by atoms with van der Waals surface area (Å²) < 4.78 is 29.6. The van der Waals surface area contributed by atoms with E-state index in [-0.39, 0.29) is 17.3 Å². The van der Waals surface area contributed by atoms with Gasteiger partial charge in [0.1, 0.15) is 0 Å². The maximum atomic E-state index is 13.2. The van der Waals surface area contributed by atoms with Crippen molar-refractivity contribution in [2.24, 2.45) is 0 Å². The number of benzene rings is 3. The Morgan fingerprint density at radius 3 is 2.30 bits per heavy atom. The number of fused-ring (bicyclic) bond motifs is 1. The van der Waals surface area contributed by atoms with Crippen LogP contribution in [0.4, 0.5) is 11.4 Å². The van der Waals surface area contributed by atoms with Crippen LogP contribution in [-0.4, -0.2) is 20.9 Å². The average molecular weight is 544 g/mol. The molecule has 0 fully saturated rings. The number of hydrogen-bond acceptors (Lipinski definition) is 4. The van der Waals surface area contributed by atoms with Crippen molar-refractivity contribution in [1.29, 1.82) is 0 Å². The summed E-state index contributed by atoms with van der Waals surface area (Å²) in [5.41, 5.74) is 3.39. The molecule has 1 amide bonds. The van der Waals surface area contributed by atoms with Crippen LogP contribution in [0.15, 0.2) is 76.1 Å². The van der Waals surface area contributed by atoms with Crippen LogP contribution < -0.4 is 9.62 Å². The van der Waals surface area contributed by atoms with Gasteiger partial charge in [0.15, 0.2) is 0 Å². The number of carbonyl (C=O) groups excluding carboxylic acids is 1. The Morgan fingerprint density at radius 1 is 1.00 bits per heavy atom. The normalized spacial score (nSPS) is 11.5. The SMILES string of the molecule is CCN(c1ccc2sc(C(=O)Nc3c(C)cccc3C)cc2c1)S(=O)(=O)c1ccc(Br)cc1. The summed E-state index contributed by atoms with van der Waals surface area (Å²) in [6, 6.07) is 19.8. The molecule has 4 aromatic rings. The standard InChI is InChI=1S/C25H23BrN2O3S2/c1-4-28(33(30,31)21-11-8-19(26)9-12-21)20-10-13-22-18(14-20)15-23(32-22)25(29)27-24-16(2)6-5-7-17(24)3/h5-15H,4H2,1-3H3,(H,27,29). The highest BCUT2D eigenvalue weighted by atomic mass is 79.9. The van der Waals surface area contributed by atoms with Gasteiger partial charge >= 0.3 is 0 Å². The van der Waals surface area contributed by atoms with E-state index in [1.807, 2.05) is 50.2 Å². The molecule has 0 saturated heterocycles. The van der Waals surface area contributed by atoms with E-state index in [0.717, 1.165) is 31.4 Å². The fourth-order valence-corrected chi connectivity index (χ4v) is 6.38. The van der Waals surface area contributed by atoms with Gasteiger partial charge in [-0.25, -0.2) is 8.42 Å². The largest absolute Gasteiger partial charge is 0.321 e. The van der Waals surface area contributed by atoms with Crippen molar-refractivity contribution in [1.82, 2.24) is 0 Å². The van der Waals surface area contributed by atoms with Crippen molar-refractivity contribution in [2.45, 2.75) is 25.7 Å². The van der Waals surface area contributed by atoms with Crippen molar-refractivity contribution in [3.63, 3.8) is 0 Å². The minimum absolute atomic E-state index is 0.176. The molecule has 0 atom stereocenters. The lowest BCUT2D eigenvalue weighted by atomic mass is 10.1. The molecule has 1 aromatic heterocycles. The smallest absolute Gasteiger partial charge is 0.265 e. The van der Waals surface area contributed by atoms with Crippen molar-refractivity contribution >= 4 is 64.7 Å². The highest BCUT2D eigenvalue weighted by Crippen LogP contribution is 2.33. The quantitative estimate of drug-likeness (QED) is 0.293. The van der Waals surface area contributed by atoms with Crippen molar-refractivity contribution in [3.05, 3.63) is 87.2 Å². The average Bonchev–Trinajstić information content (AvgIpc) is 3.21. The first-order chi connectivity index (χ1) is 15.7. The molecule has 5 nitrogen and oxygen atoms in total. The maximum absolute atomic E-state index is 13.2. The monoisotopic (exact) mass is 542 g/mol. The van der Waals surface area contributed by atoms with Crippen LogP contribution in [0.25, 0.3) is 10.1 Å². The predicted molar refractivity (Wildman–Crippen MR) is 140 cm³/mol. The van der Waals surface area contributed by atoms with Gasteiger partial charge in [0, 0.05) is 21.4 Å². The van der Waals surface area contributed by atoms with Gasteiger partial charge in [0.2, 0.25) is 0 Å². The number of anilines is 2. The fraction of sp³-hybridized carbons (Fsp3) is 0.160. The number of rotatable bonds is 6. The number of nitrogens with zero attached hydrogens (tertiary/aromatic N) is 1. The Bertz CT molecular complexity index is 1420. The summed E-state index contributed by atoms with van der Waals surface area (Å²) in [5.74, 6) is -0.176. The zero-order chi connectivity index (χ0) is 23.8. The molecule has 8 heteroatoms. The van der Waals surface area contributed by atoms with Gasteiger partial charge in [-0.3, -0.25) is 9.10 Å². The molecule has 0 saturated carbocycles. The molecule has 1 N–H and O–H groups in total. The Balaban J connectivity index is 1.66. The van der Waals surface area contributed by atoms with E-state index in [2.05, 4.69) is 21.2 Å². The molecule has 170 valence electrons. The van der Waals surface area contributed by atoms with Crippen LogP contribution in [0.1, 0.15) is 27.7 Å². The highest BCUT2D eigenvalue weighted by molar-refractivity contribution is 9.10. The number of amides is 1. The van der Waals surface area contributed by atoms with E-state index in [4.69, 9.17) is 0 Å². The van der Waals surface area contributed by atoms with E-state index >= 15 is 0 Å². The Kier molecular flexibility index (Phi) is 6.61. The summed E-state index contributed by atoms with van der Waals surface area (Å²) >= 11 is 4.73. The highest BCUT2D eigenvalue weighted by Gasteiger charge is 2.24. The Hall–Kier alpha value is -2.68. The second kappa shape index (κ2) is 9.29. The third kappa shape index (κ3) is 4.69. The van der Waals surface area contributed by atoms with Crippen molar-refractivity contribution in [2.75, 3.05) is 16.2 Å². The summed E-state index contributed by atoms with van der Waals surface area (Å²) in [5, 5.41) is 3.84. The molecular formula is C25H23BrN2O3S2. The van der Waals surface area contributed by atoms with E-state index in [1.54, 1.807) is 37.3 Å². The van der Waals surface area contributed by atoms with E-state index in [0.29, 0.717) is 10.6 Å². The molecule has 0 bridgehead atoms. The first-order valence-corrected chi connectivity index (χ1v) is 13.4. The molecule has 0 aliphatic carbocycles. The van der Waals surface area contributed by atoms with Gasteiger partial charge in [-0.15, -0.1) is 11.3 Å². The molecule has 1 heterocycles. The maximum Gasteiger partial charge on any atom is 0.265 e. The second-order valence-corrected chi connectivity index (χ2v) is 11.5. The lowest BCUT2D eigenvalue weighted by Crippen LogP contribution is -2.30. The third-order valence-corrected chi connectivity index (χ3v) is 8.98. The first-order valence-electron chi connectivity index (χ1n) is 10.4. The summed E-state index contributed by atoms with van der Waals surface area (Å²) in [6.07, 6.45) is 0. The van der Waals surface area contributed by atoms with E-state index < -0.39 is 10.0 Å². The number of carbonyl (C=O) groups is 1. The minimum atomic E-state index is -3.71. The van der Waals surface area contributed by atoms with Crippen LogP contribution in [0.5, 0.6) is 0 Å². The number of hydrogen-bond donors (Lipinski definition) is 1. The van der Waals surface area contributed by atoms with E-state index in [1.165, 1.54) is 15.6 Å². The molecule has 0 radical (unpaired) electrons. The molecule has 33 heavy (non-hydrogen) atoms. The van der Waals surface area contributed by atoms with Gasteiger partial charge in [0.25, 0.3) is 15.9 Å². The lowest BCUT2D eigenvalue weighted by molar-refractivity contribution is 0.103. The zero-order valence-electron chi connectivity index (χ0n) is 18.4. The number of aryl methyl sites for hydroxylation is 2. The van der Waals surface area contributed by atoms with Crippen LogP contribution in [-0.2, 0) is 10.0 Å². The molecule has 0 aliphatic rings. The van der Waals surface area contributed by atoms with Gasteiger partial charge in [-0.1, -0.05) is 34.1 Å². The number of sulfonamides is 1. The topological polar surface area (TPSA) is 66.5 Å². The van der Waals surface area contributed by atoms with Crippen LogP contribution >= 0.6 is 27.3 Å². The summed E-state index contributed by atoms with van der Waals surface area (Å²) in [6.45, 7) is 6.02. The van der Waals surface area contributed by atoms with Crippen molar-refractivity contribution in [3.8, 4) is 0 Å². The van der Waals surface area contributed by atoms with Gasteiger partial charge in [-0.2, -0.15) is 0 Å². The molecule has 0 unspecified atom stereocenters.